The third-order valence-corrected chi connectivity index (χ3v) is 2.87. The fourth-order valence-corrected chi connectivity index (χ4v) is 1.88. The van der Waals surface area contributed by atoms with Crippen LogP contribution in [0.4, 0.5) is 0 Å². The maximum Gasteiger partial charge on any atom is 0.119 e. The van der Waals surface area contributed by atoms with Crippen molar-refractivity contribution in [2.45, 2.75) is 13.0 Å². The molecular weight excluding hydrogens is 214 g/mol. The molecule has 0 bridgehead atoms. The molecule has 2 rings (SSSR count). The molecule has 0 aliphatic rings. The maximum atomic E-state index is 5.21. The molecule has 3 heteroatoms. The third kappa shape index (κ3) is 2.57. The summed E-state index contributed by atoms with van der Waals surface area (Å²) in [6, 6.07) is 12.6. The normalized spacial score (nSPS) is 12.6. The lowest BCUT2D eigenvalue weighted by atomic mass is 10.0. The Morgan fingerprint density at radius 2 is 1.71 bits per heavy atom. The average molecular weight is 231 g/mol. The van der Waals surface area contributed by atoms with E-state index in [0.29, 0.717) is 0 Å². The second kappa shape index (κ2) is 5.17. The van der Waals surface area contributed by atoms with E-state index < -0.39 is 0 Å². The number of methoxy groups -OCH3 is 1. The summed E-state index contributed by atoms with van der Waals surface area (Å²) < 4.78 is 5.21. The van der Waals surface area contributed by atoms with E-state index in [0.717, 1.165) is 5.75 Å². The number of nitrogens with one attached hydrogen (secondary N) is 1. The first-order chi connectivity index (χ1) is 8.24. The predicted octanol–water partition coefficient (Wildman–Crippen LogP) is 3.06. The van der Waals surface area contributed by atoms with Crippen molar-refractivity contribution in [2.75, 3.05) is 14.2 Å². The molecule has 0 saturated carbocycles. The van der Waals surface area contributed by atoms with Gasteiger partial charge in [0.1, 0.15) is 5.75 Å². The first kappa shape index (κ1) is 11.9. The minimum Gasteiger partial charge on any atom is -0.497 e. The van der Waals surface area contributed by atoms with Gasteiger partial charge in [-0.05, 0) is 41.5 Å². The monoisotopic (exact) mass is 231 g/mol. The second-order valence-electron chi connectivity index (χ2n) is 4.02. The van der Waals surface area contributed by atoms with Gasteiger partial charge in [-0.1, -0.05) is 18.2 Å². The Balaban J connectivity index is 2.37. The summed E-state index contributed by atoms with van der Waals surface area (Å²) in [6.45, 7) is 2.06. The van der Waals surface area contributed by atoms with Crippen LogP contribution in [0.3, 0.4) is 0 Å². The molecule has 1 N–H and O–H groups in total. The lowest BCUT2D eigenvalue weighted by molar-refractivity contribution is 0.0659. The van der Waals surface area contributed by atoms with Crippen LogP contribution in [0.25, 0.3) is 10.8 Å². The maximum absolute atomic E-state index is 5.21. The number of hydroxylamine groups is 1. The second-order valence-corrected chi connectivity index (χ2v) is 4.02. The van der Waals surface area contributed by atoms with E-state index in [1.54, 1.807) is 14.2 Å². The summed E-state index contributed by atoms with van der Waals surface area (Å²) in [5, 5.41) is 2.38. The predicted molar refractivity (Wildman–Crippen MR) is 69.1 cm³/mol. The van der Waals surface area contributed by atoms with Gasteiger partial charge in [0.25, 0.3) is 0 Å². The van der Waals surface area contributed by atoms with Gasteiger partial charge in [0, 0.05) is 0 Å². The number of ether oxygens (including phenoxy) is 1. The molecule has 2 aromatic carbocycles. The van der Waals surface area contributed by atoms with Crippen LogP contribution in [0.2, 0.25) is 0 Å². The van der Waals surface area contributed by atoms with Crippen LogP contribution >= 0.6 is 0 Å². The van der Waals surface area contributed by atoms with Crippen molar-refractivity contribution in [2.24, 2.45) is 0 Å². The Bertz CT molecular complexity index is 511. The zero-order valence-corrected chi connectivity index (χ0v) is 10.4. The Hall–Kier alpha value is -1.58. The molecule has 2 aromatic rings. The highest BCUT2D eigenvalue weighted by Crippen LogP contribution is 2.24. The molecule has 0 spiro atoms. The van der Waals surface area contributed by atoms with Gasteiger partial charge in [-0.25, -0.2) is 0 Å². The molecule has 3 nitrogen and oxygen atoms in total. The largest absolute Gasteiger partial charge is 0.497 e. The van der Waals surface area contributed by atoms with Crippen LogP contribution in [0, 0.1) is 0 Å². The van der Waals surface area contributed by atoms with Crippen molar-refractivity contribution in [3.63, 3.8) is 0 Å². The topological polar surface area (TPSA) is 30.5 Å². The lowest BCUT2D eigenvalue weighted by Gasteiger charge is -2.13. The van der Waals surface area contributed by atoms with Gasteiger partial charge in [-0.15, -0.1) is 0 Å². The quantitative estimate of drug-likeness (QED) is 0.820. The van der Waals surface area contributed by atoms with Crippen LogP contribution in [0.15, 0.2) is 36.4 Å². The van der Waals surface area contributed by atoms with Gasteiger partial charge in [0.05, 0.1) is 20.3 Å². The summed E-state index contributed by atoms with van der Waals surface area (Å²) in [5.41, 5.74) is 4.12. The molecule has 0 aromatic heterocycles. The van der Waals surface area contributed by atoms with Crippen LogP contribution in [-0.4, -0.2) is 14.2 Å². The Morgan fingerprint density at radius 3 is 2.41 bits per heavy atom. The highest BCUT2D eigenvalue weighted by molar-refractivity contribution is 5.84. The zero-order chi connectivity index (χ0) is 12.3. The fourth-order valence-electron chi connectivity index (χ4n) is 1.88. The minimum atomic E-state index is 0.173. The van der Waals surface area contributed by atoms with Gasteiger partial charge in [0.2, 0.25) is 0 Å². The molecule has 0 amide bonds. The van der Waals surface area contributed by atoms with Crippen LogP contribution in [0.1, 0.15) is 18.5 Å². The highest BCUT2D eigenvalue weighted by Gasteiger charge is 2.05. The van der Waals surface area contributed by atoms with E-state index in [-0.39, 0.29) is 6.04 Å². The SMILES string of the molecule is CONC(C)c1ccc2cc(OC)ccc2c1. The number of fused-ring (bicyclic) bond motifs is 1. The van der Waals surface area contributed by atoms with Crippen molar-refractivity contribution in [1.82, 2.24) is 5.48 Å². The van der Waals surface area contributed by atoms with E-state index in [1.165, 1.54) is 16.3 Å². The van der Waals surface area contributed by atoms with E-state index in [4.69, 9.17) is 9.57 Å². The molecule has 1 unspecified atom stereocenters. The van der Waals surface area contributed by atoms with Crippen molar-refractivity contribution < 1.29 is 9.57 Å². The van der Waals surface area contributed by atoms with Gasteiger partial charge < -0.3 is 9.57 Å². The number of hydrogen-bond donors (Lipinski definition) is 1. The van der Waals surface area contributed by atoms with Gasteiger partial charge >= 0.3 is 0 Å². The summed E-state index contributed by atoms with van der Waals surface area (Å²) in [6.07, 6.45) is 0. The molecule has 0 aliphatic carbocycles. The lowest BCUT2D eigenvalue weighted by Crippen LogP contribution is -2.16. The van der Waals surface area contributed by atoms with E-state index in [1.807, 2.05) is 12.1 Å². The smallest absolute Gasteiger partial charge is 0.119 e. The standard InChI is InChI=1S/C14H17NO2/c1-10(15-17-3)11-4-5-13-9-14(16-2)7-6-12(13)8-11/h4-10,15H,1-3H3. The number of rotatable bonds is 4. The fraction of sp³-hybridized carbons (Fsp3) is 0.286. The Morgan fingerprint density at radius 1 is 1.00 bits per heavy atom. The molecule has 0 radical (unpaired) electrons. The van der Waals surface area contributed by atoms with Crippen LogP contribution in [-0.2, 0) is 4.84 Å². The third-order valence-electron chi connectivity index (χ3n) is 2.87. The van der Waals surface area contributed by atoms with E-state index in [2.05, 4.69) is 36.7 Å². The van der Waals surface area contributed by atoms with E-state index >= 15 is 0 Å². The number of benzene rings is 2. The Kier molecular flexibility index (Phi) is 3.61. The molecule has 1 atom stereocenters. The molecule has 17 heavy (non-hydrogen) atoms. The Labute approximate surface area is 101 Å². The summed E-state index contributed by atoms with van der Waals surface area (Å²) in [4.78, 5) is 4.94. The van der Waals surface area contributed by atoms with Crippen LogP contribution < -0.4 is 10.2 Å². The molecular formula is C14H17NO2. The van der Waals surface area contributed by atoms with Crippen LogP contribution in [0.5, 0.6) is 5.75 Å². The average Bonchev–Trinajstić information content (AvgIpc) is 2.37. The molecule has 0 fully saturated rings. The highest BCUT2D eigenvalue weighted by atomic mass is 16.6. The summed E-state index contributed by atoms with van der Waals surface area (Å²) in [7, 11) is 3.31. The summed E-state index contributed by atoms with van der Waals surface area (Å²) in [5.74, 6) is 0.883. The van der Waals surface area contributed by atoms with Crippen molar-refractivity contribution in [3.8, 4) is 5.75 Å². The van der Waals surface area contributed by atoms with Crippen molar-refractivity contribution in [3.05, 3.63) is 42.0 Å². The summed E-state index contributed by atoms with van der Waals surface area (Å²) >= 11 is 0. The first-order valence-corrected chi connectivity index (χ1v) is 5.61. The van der Waals surface area contributed by atoms with Gasteiger partial charge in [-0.2, -0.15) is 5.48 Å². The molecule has 0 aliphatic heterocycles. The van der Waals surface area contributed by atoms with E-state index in [9.17, 15) is 0 Å². The molecule has 0 saturated heterocycles. The first-order valence-electron chi connectivity index (χ1n) is 5.61. The minimum absolute atomic E-state index is 0.173. The van der Waals surface area contributed by atoms with Gasteiger partial charge in [0.15, 0.2) is 0 Å². The molecule has 0 heterocycles. The van der Waals surface area contributed by atoms with Gasteiger partial charge in [-0.3, -0.25) is 0 Å². The molecule has 90 valence electrons. The van der Waals surface area contributed by atoms with Crippen molar-refractivity contribution in [1.29, 1.82) is 0 Å². The zero-order valence-electron chi connectivity index (χ0n) is 10.4. The van der Waals surface area contributed by atoms with Crippen molar-refractivity contribution >= 4 is 10.8 Å². The number of hydrogen-bond acceptors (Lipinski definition) is 3.